The van der Waals surface area contributed by atoms with Gasteiger partial charge in [0, 0.05) is 56.0 Å². The van der Waals surface area contributed by atoms with E-state index in [1.165, 1.54) is 88.8 Å². The number of benzene rings is 9. The molecule has 3 heterocycles. The fourth-order valence-electron chi connectivity index (χ4n) is 11.5. The third kappa shape index (κ3) is 4.84. The molecule has 9 aromatic carbocycles. The predicted octanol–water partition coefficient (Wildman–Crippen LogP) is 13.9. The summed E-state index contributed by atoms with van der Waals surface area (Å²) in [4.78, 5) is 2.57. The van der Waals surface area contributed by atoms with Crippen LogP contribution in [-0.4, -0.2) is 7.28 Å². The van der Waals surface area contributed by atoms with Crippen LogP contribution in [0.15, 0.2) is 180 Å². The monoisotopic (exact) mass is 794 g/mol. The highest BCUT2D eigenvalue weighted by Gasteiger charge is 2.42. The fraction of sp³-hybridized carbons (Fsp3) is 0.103. The van der Waals surface area contributed by atoms with Gasteiger partial charge in [-0.3, -0.25) is 0 Å². The zero-order chi connectivity index (χ0) is 41.5. The molecular weight excluding hydrogens is 751 g/mol. The van der Waals surface area contributed by atoms with Gasteiger partial charge < -0.3 is 14.6 Å². The van der Waals surface area contributed by atoms with Gasteiger partial charge in [0.2, 0.25) is 0 Å². The summed E-state index contributed by atoms with van der Waals surface area (Å²) in [5.74, 6) is 0. The molecule has 0 unspecified atom stereocenters. The van der Waals surface area contributed by atoms with Crippen LogP contribution in [0.4, 0.5) is 28.4 Å². The Balaban J connectivity index is 1.11. The maximum Gasteiger partial charge on any atom is 0.198 e. The molecule has 0 saturated carbocycles. The number of para-hydroxylation sites is 2. The van der Waals surface area contributed by atoms with Crippen LogP contribution in [0.25, 0.3) is 66.1 Å². The minimum atomic E-state index is -0.196. The van der Waals surface area contributed by atoms with Gasteiger partial charge in [-0.1, -0.05) is 173 Å². The van der Waals surface area contributed by atoms with E-state index in [2.05, 4.69) is 214 Å². The third-order valence-electron chi connectivity index (χ3n) is 14.4. The zero-order valence-corrected chi connectivity index (χ0v) is 35.3. The van der Waals surface area contributed by atoms with E-state index in [4.69, 9.17) is 4.42 Å². The van der Waals surface area contributed by atoms with Crippen molar-refractivity contribution in [1.29, 1.82) is 0 Å². The summed E-state index contributed by atoms with van der Waals surface area (Å²) < 4.78 is 6.94. The Bertz CT molecular complexity index is 3540. The Kier molecular flexibility index (Phi) is 7.22. The van der Waals surface area contributed by atoms with Gasteiger partial charge in [-0.15, -0.1) is 0 Å². The number of anilines is 5. The Hall–Kier alpha value is -7.30. The van der Waals surface area contributed by atoms with Crippen LogP contribution in [0.3, 0.4) is 0 Å². The summed E-state index contributed by atoms with van der Waals surface area (Å²) in [6.45, 7) is 9.52. The van der Waals surface area contributed by atoms with Gasteiger partial charge in [0.25, 0.3) is 0 Å². The largest absolute Gasteiger partial charge is 0.456 e. The van der Waals surface area contributed by atoms with Crippen molar-refractivity contribution in [2.24, 2.45) is 0 Å². The van der Waals surface area contributed by atoms with Gasteiger partial charge in [0.1, 0.15) is 11.2 Å². The molecular formula is C58H43BN2O. The topological polar surface area (TPSA) is 28.4 Å². The molecule has 3 nitrogen and oxygen atoms in total. The first-order chi connectivity index (χ1) is 30.3. The predicted molar refractivity (Wildman–Crippen MR) is 263 cm³/mol. The van der Waals surface area contributed by atoms with E-state index in [0.29, 0.717) is 0 Å². The first-order valence-corrected chi connectivity index (χ1v) is 21.9. The summed E-state index contributed by atoms with van der Waals surface area (Å²) in [6, 6.07) is 65.0. The van der Waals surface area contributed by atoms with E-state index in [0.717, 1.165) is 46.2 Å². The quantitative estimate of drug-likeness (QED) is 0.180. The number of hydrogen-bond acceptors (Lipinski definition) is 3. The van der Waals surface area contributed by atoms with Crippen LogP contribution in [0, 0.1) is 0 Å². The Labute approximate surface area is 362 Å². The number of hydrogen-bond donors (Lipinski definition) is 1. The fourth-order valence-corrected chi connectivity index (χ4v) is 11.5. The zero-order valence-electron chi connectivity index (χ0n) is 35.3. The van der Waals surface area contributed by atoms with Gasteiger partial charge in [-0.2, -0.15) is 0 Å². The summed E-state index contributed by atoms with van der Waals surface area (Å²) >= 11 is 0. The summed E-state index contributed by atoms with van der Waals surface area (Å²) in [7, 11) is 0.793. The molecule has 1 N–H and O–H groups in total. The van der Waals surface area contributed by atoms with Crippen LogP contribution in [-0.2, 0) is 10.8 Å². The second-order valence-electron chi connectivity index (χ2n) is 18.5. The Morgan fingerprint density at radius 1 is 0.500 bits per heavy atom. The lowest BCUT2D eigenvalue weighted by atomic mass is 9.55. The van der Waals surface area contributed by atoms with E-state index in [1.807, 2.05) is 0 Å². The highest BCUT2D eigenvalue weighted by Crippen LogP contribution is 2.56. The molecule has 2 aliphatic heterocycles. The van der Waals surface area contributed by atoms with Crippen LogP contribution in [0.2, 0.25) is 0 Å². The van der Waals surface area contributed by atoms with E-state index in [1.54, 1.807) is 0 Å². The number of rotatable bonds is 4. The number of fused-ring (bicyclic) bond motifs is 11. The summed E-state index contributed by atoms with van der Waals surface area (Å²) in [5.41, 5.74) is 22.6. The minimum absolute atomic E-state index is 0.187. The Morgan fingerprint density at radius 3 is 2.10 bits per heavy atom. The maximum atomic E-state index is 6.94. The molecule has 3 aliphatic rings. The SMILES string of the molecule is CC1(C)c2cc3ccccc3cc2N2c3cc4oc5ccccc5c4c(-c4ccc(-c5ccccc5)cc4Nc4cccc5c4C(C)(C)c4ccccc4-5)c3Bc3cccc1c32. The molecule has 10 aromatic rings. The van der Waals surface area contributed by atoms with Crippen molar-refractivity contribution < 1.29 is 4.42 Å². The van der Waals surface area contributed by atoms with E-state index >= 15 is 0 Å². The van der Waals surface area contributed by atoms with Crippen molar-refractivity contribution in [3.8, 4) is 33.4 Å². The molecule has 0 bridgehead atoms. The van der Waals surface area contributed by atoms with E-state index in [-0.39, 0.29) is 10.8 Å². The Morgan fingerprint density at radius 2 is 1.23 bits per heavy atom. The van der Waals surface area contributed by atoms with Crippen LogP contribution >= 0.6 is 0 Å². The molecule has 0 amide bonds. The standard InChI is InChI=1S/C58H43BN2O/c1-57(2)43-24-15-25-45-56(43)61(48-32-36-19-9-8-18-35(36)30-44(48)57)49-33-51-52(41-21-11-13-27-50(41)62-51)53(55(49)59-45)40-29-28-37(34-16-6-5-7-17-34)31-47(40)60-46-26-14-22-39-38-20-10-12-23-42(38)58(3,4)54(39)46/h5-33,59-60H,1-4H3. The van der Waals surface area contributed by atoms with Crippen molar-refractivity contribution in [2.75, 3.05) is 10.2 Å². The molecule has 4 heteroatoms. The lowest BCUT2D eigenvalue weighted by Crippen LogP contribution is -2.45. The molecule has 0 radical (unpaired) electrons. The average molecular weight is 795 g/mol. The third-order valence-corrected chi connectivity index (χ3v) is 14.4. The van der Waals surface area contributed by atoms with Crippen molar-refractivity contribution in [2.45, 2.75) is 38.5 Å². The van der Waals surface area contributed by atoms with Crippen LogP contribution in [0.1, 0.15) is 49.9 Å². The van der Waals surface area contributed by atoms with Gasteiger partial charge in [-0.25, -0.2) is 0 Å². The van der Waals surface area contributed by atoms with Crippen molar-refractivity contribution in [3.05, 3.63) is 198 Å². The van der Waals surface area contributed by atoms with E-state index < -0.39 is 0 Å². The van der Waals surface area contributed by atoms with Crippen LogP contribution < -0.4 is 21.1 Å². The van der Waals surface area contributed by atoms with Gasteiger partial charge in [0.15, 0.2) is 7.28 Å². The normalized spacial score (nSPS) is 14.8. The molecule has 0 saturated heterocycles. The second kappa shape index (κ2) is 12.6. The van der Waals surface area contributed by atoms with Gasteiger partial charge in [-0.05, 0) is 96.6 Å². The highest BCUT2D eigenvalue weighted by molar-refractivity contribution is 6.74. The molecule has 1 aromatic heterocycles. The van der Waals surface area contributed by atoms with Gasteiger partial charge >= 0.3 is 0 Å². The second-order valence-corrected chi connectivity index (χ2v) is 18.5. The summed E-state index contributed by atoms with van der Waals surface area (Å²) in [5, 5.41) is 8.93. The van der Waals surface area contributed by atoms with Crippen LogP contribution in [0.5, 0.6) is 0 Å². The highest BCUT2D eigenvalue weighted by atomic mass is 16.3. The van der Waals surface area contributed by atoms with Gasteiger partial charge in [0.05, 0.1) is 5.69 Å². The van der Waals surface area contributed by atoms with Crippen molar-refractivity contribution in [3.63, 3.8) is 0 Å². The first kappa shape index (κ1) is 35.5. The first-order valence-electron chi connectivity index (χ1n) is 21.9. The summed E-state index contributed by atoms with van der Waals surface area (Å²) in [6.07, 6.45) is 0. The lowest BCUT2D eigenvalue weighted by molar-refractivity contribution is 0.633. The molecule has 62 heavy (non-hydrogen) atoms. The number of furan rings is 1. The minimum Gasteiger partial charge on any atom is -0.456 e. The molecule has 1 aliphatic carbocycles. The molecule has 0 spiro atoms. The molecule has 13 rings (SSSR count). The van der Waals surface area contributed by atoms with Crippen molar-refractivity contribution in [1.82, 2.24) is 0 Å². The molecule has 0 fully saturated rings. The number of nitrogens with one attached hydrogen (secondary N) is 1. The molecule has 0 atom stereocenters. The molecule has 294 valence electrons. The van der Waals surface area contributed by atoms with E-state index in [9.17, 15) is 0 Å². The lowest BCUT2D eigenvalue weighted by Gasteiger charge is -2.46. The smallest absolute Gasteiger partial charge is 0.198 e. The van der Waals surface area contributed by atoms with Crippen molar-refractivity contribution >= 4 is 79.4 Å². The maximum absolute atomic E-state index is 6.94. The average Bonchev–Trinajstić information content (AvgIpc) is 3.78. The number of nitrogens with zero attached hydrogens (tertiary/aromatic N) is 1.